The molecular weight excluding hydrogens is 438 g/mol. The number of aromatic nitrogens is 3. The number of hydrogen-bond donors (Lipinski definition) is 2. The summed E-state index contributed by atoms with van der Waals surface area (Å²) < 4.78 is 33.1. The van der Waals surface area contributed by atoms with Gasteiger partial charge in [0.1, 0.15) is 5.75 Å². The van der Waals surface area contributed by atoms with Gasteiger partial charge in [0.25, 0.3) is 10.0 Å². The van der Waals surface area contributed by atoms with Crippen LogP contribution in [0.1, 0.15) is 0 Å². The van der Waals surface area contributed by atoms with Crippen molar-refractivity contribution in [3.05, 3.63) is 85.2 Å². The van der Waals surface area contributed by atoms with Gasteiger partial charge in [0.05, 0.1) is 28.7 Å². The largest absolute Gasteiger partial charge is 0.497 e. The molecule has 0 aliphatic carbocycles. The van der Waals surface area contributed by atoms with Crippen molar-refractivity contribution in [2.24, 2.45) is 0 Å². The van der Waals surface area contributed by atoms with Gasteiger partial charge in [-0.3, -0.25) is 0 Å². The quantitative estimate of drug-likeness (QED) is 0.355. The SMILES string of the molecule is COc1ccc2nc3ccccc3c(Nc3ccc(S(=O)(=O)Nc4ncccn4)cc3)c2c1. The van der Waals surface area contributed by atoms with E-state index in [-0.39, 0.29) is 10.8 Å². The van der Waals surface area contributed by atoms with Crippen molar-refractivity contribution in [3.63, 3.8) is 0 Å². The molecule has 0 bridgehead atoms. The molecule has 0 aliphatic rings. The first-order valence-electron chi connectivity index (χ1n) is 10.1. The average Bonchev–Trinajstić information content (AvgIpc) is 2.84. The van der Waals surface area contributed by atoms with Crippen LogP contribution in [0.15, 0.2) is 90.1 Å². The Morgan fingerprint density at radius 2 is 1.55 bits per heavy atom. The fourth-order valence-electron chi connectivity index (χ4n) is 3.52. The maximum Gasteiger partial charge on any atom is 0.264 e. The van der Waals surface area contributed by atoms with Gasteiger partial charge in [-0.2, -0.15) is 0 Å². The van der Waals surface area contributed by atoms with Crippen LogP contribution in [0.25, 0.3) is 21.8 Å². The standard InChI is InChI=1S/C24H19N5O3S/c1-32-17-9-12-22-20(15-17)23(19-5-2-3-6-21(19)28-22)27-16-7-10-18(11-8-16)33(30,31)29-24-25-13-4-14-26-24/h2-15H,1H3,(H,27,28)(H,25,26,29). The molecule has 0 amide bonds. The summed E-state index contributed by atoms with van der Waals surface area (Å²) in [6.07, 6.45) is 2.94. The second-order valence-electron chi connectivity index (χ2n) is 7.21. The van der Waals surface area contributed by atoms with E-state index in [0.717, 1.165) is 38.9 Å². The van der Waals surface area contributed by atoms with Crippen LogP contribution < -0.4 is 14.8 Å². The van der Waals surface area contributed by atoms with E-state index in [1.807, 2.05) is 42.5 Å². The van der Waals surface area contributed by atoms with Crippen LogP contribution in [-0.4, -0.2) is 30.5 Å². The molecule has 164 valence electrons. The van der Waals surface area contributed by atoms with E-state index in [9.17, 15) is 8.42 Å². The Bertz CT molecular complexity index is 1560. The Morgan fingerprint density at radius 3 is 2.30 bits per heavy atom. The molecule has 0 fully saturated rings. The molecule has 0 radical (unpaired) electrons. The van der Waals surface area contributed by atoms with E-state index >= 15 is 0 Å². The lowest BCUT2D eigenvalue weighted by molar-refractivity contribution is 0.415. The molecule has 2 N–H and O–H groups in total. The fourth-order valence-corrected chi connectivity index (χ4v) is 4.48. The van der Waals surface area contributed by atoms with Gasteiger partial charge in [0, 0.05) is 28.9 Å². The zero-order valence-corrected chi connectivity index (χ0v) is 18.4. The molecule has 0 atom stereocenters. The minimum absolute atomic E-state index is 0.0170. The molecule has 0 aliphatic heterocycles. The first kappa shape index (κ1) is 20.7. The van der Waals surface area contributed by atoms with Gasteiger partial charge in [-0.15, -0.1) is 0 Å². The Kier molecular flexibility index (Phi) is 5.23. The van der Waals surface area contributed by atoms with Crippen LogP contribution in [0.5, 0.6) is 5.75 Å². The minimum atomic E-state index is -3.81. The van der Waals surface area contributed by atoms with Crippen molar-refractivity contribution in [2.45, 2.75) is 4.90 Å². The van der Waals surface area contributed by atoms with Gasteiger partial charge in [-0.1, -0.05) is 18.2 Å². The van der Waals surface area contributed by atoms with Gasteiger partial charge in [0.15, 0.2) is 0 Å². The first-order chi connectivity index (χ1) is 16.0. The highest BCUT2D eigenvalue weighted by Gasteiger charge is 2.16. The Morgan fingerprint density at radius 1 is 0.818 bits per heavy atom. The summed E-state index contributed by atoms with van der Waals surface area (Å²) in [7, 11) is -2.19. The number of pyridine rings is 1. The lowest BCUT2D eigenvalue weighted by Crippen LogP contribution is -2.14. The number of benzene rings is 3. The van der Waals surface area contributed by atoms with E-state index in [0.29, 0.717) is 0 Å². The lowest BCUT2D eigenvalue weighted by Gasteiger charge is -2.14. The second kappa shape index (κ2) is 8.36. The number of rotatable bonds is 6. The third-order valence-corrected chi connectivity index (χ3v) is 6.46. The molecule has 5 rings (SSSR count). The van der Waals surface area contributed by atoms with Crippen molar-refractivity contribution in [1.29, 1.82) is 0 Å². The highest BCUT2D eigenvalue weighted by Crippen LogP contribution is 2.35. The van der Waals surface area contributed by atoms with Gasteiger partial charge in [0.2, 0.25) is 5.95 Å². The van der Waals surface area contributed by atoms with E-state index in [4.69, 9.17) is 9.72 Å². The summed E-state index contributed by atoms with van der Waals surface area (Å²) in [5.74, 6) is 0.738. The topological polar surface area (TPSA) is 106 Å². The van der Waals surface area contributed by atoms with E-state index in [1.54, 1.807) is 25.3 Å². The maximum absolute atomic E-state index is 12.7. The summed E-state index contributed by atoms with van der Waals surface area (Å²) in [6.45, 7) is 0. The predicted molar refractivity (Wildman–Crippen MR) is 128 cm³/mol. The second-order valence-corrected chi connectivity index (χ2v) is 8.90. The summed E-state index contributed by atoms with van der Waals surface area (Å²) in [6, 6.07) is 21.6. The van der Waals surface area contributed by atoms with Crippen molar-refractivity contribution < 1.29 is 13.2 Å². The predicted octanol–water partition coefficient (Wildman–Crippen LogP) is 4.73. The fraction of sp³-hybridized carbons (Fsp3) is 0.0417. The minimum Gasteiger partial charge on any atom is -0.497 e. The number of fused-ring (bicyclic) bond motifs is 2. The molecule has 0 spiro atoms. The van der Waals surface area contributed by atoms with Crippen molar-refractivity contribution in [1.82, 2.24) is 15.0 Å². The van der Waals surface area contributed by atoms with Crippen LogP contribution in [0.2, 0.25) is 0 Å². The molecule has 33 heavy (non-hydrogen) atoms. The number of methoxy groups -OCH3 is 1. The first-order valence-corrected chi connectivity index (χ1v) is 11.6. The van der Waals surface area contributed by atoms with Crippen LogP contribution in [0.3, 0.4) is 0 Å². The van der Waals surface area contributed by atoms with Crippen molar-refractivity contribution in [3.8, 4) is 5.75 Å². The highest BCUT2D eigenvalue weighted by molar-refractivity contribution is 7.92. The molecule has 5 aromatic rings. The highest BCUT2D eigenvalue weighted by atomic mass is 32.2. The third-order valence-electron chi connectivity index (χ3n) is 5.11. The smallest absolute Gasteiger partial charge is 0.264 e. The van der Waals surface area contributed by atoms with Crippen LogP contribution in [0, 0.1) is 0 Å². The number of ether oxygens (including phenoxy) is 1. The monoisotopic (exact) mass is 457 g/mol. The third kappa shape index (κ3) is 4.13. The molecule has 8 nitrogen and oxygen atoms in total. The Labute approximate surface area is 190 Å². The zero-order chi connectivity index (χ0) is 22.8. The van der Waals surface area contributed by atoms with Gasteiger partial charge in [-0.25, -0.2) is 28.1 Å². The molecule has 0 unspecified atom stereocenters. The zero-order valence-electron chi connectivity index (χ0n) is 17.6. The summed E-state index contributed by atoms with van der Waals surface area (Å²) in [5.41, 5.74) is 3.26. The van der Waals surface area contributed by atoms with Gasteiger partial charge >= 0.3 is 0 Å². The van der Waals surface area contributed by atoms with Crippen molar-refractivity contribution in [2.75, 3.05) is 17.1 Å². The number of hydrogen-bond acceptors (Lipinski definition) is 7. The van der Waals surface area contributed by atoms with Crippen LogP contribution in [-0.2, 0) is 10.0 Å². The lowest BCUT2D eigenvalue weighted by atomic mass is 10.1. The van der Waals surface area contributed by atoms with Gasteiger partial charge < -0.3 is 10.1 Å². The molecule has 9 heteroatoms. The summed E-state index contributed by atoms with van der Waals surface area (Å²) >= 11 is 0. The summed E-state index contributed by atoms with van der Waals surface area (Å²) in [5, 5.41) is 5.27. The van der Waals surface area contributed by atoms with E-state index < -0.39 is 10.0 Å². The number of nitrogens with zero attached hydrogens (tertiary/aromatic N) is 3. The average molecular weight is 458 g/mol. The number of nitrogens with one attached hydrogen (secondary N) is 2. The Hall–Kier alpha value is -4.24. The van der Waals surface area contributed by atoms with Gasteiger partial charge in [-0.05, 0) is 54.6 Å². The number of para-hydroxylation sites is 1. The molecule has 0 saturated carbocycles. The van der Waals surface area contributed by atoms with E-state index in [1.165, 1.54) is 24.5 Å². The molecule has 3 aromatic carbocycles. The summed E-state index contributed by atoms with van der Waals surface area (Å²) in [4.78, 5) is 12.7. The normalized spacial score (nSPS) is 11.4. The van der Waals surface area contributed by atoms with E-state index in [2.05, 4.69) is 20.0 Å². The molecular formula is C24H19N5O3S. The molecule has 0 saturated heterocycles. The Balaban J connectivity index is 1.52. The molecule has 2 aromatic heterocycles. The number of anilines is 3. The van der Waals surface area contributed by atoms with Crippen LogP contribution in [0.4, 0.5) is 17.3 Å². The maximum atomic E-state index is 12.7. The number of sulfonamides is 1. The van der Waals surface area contributed by atoms with Crippen LogP contribution >= 0.6 is 0 Å². The molecule has 2 heterocycles. The van der Waals surface area contributed by atoms with Crippen molar-refractivity contribution >= 4 is 49.2 Å².